The summed E-state index contributed by atoms with van der Waals surface area (Å²) in [5.41, 5.74) is 9.00. The van der Waals surface area contributed by atoms with Crippen LogP contribution in [0.4, 0.5) is 4.39 Å². The Morgan fingerprint density at radius 2 is 2.25 bits per heavy atom. The number of hydrogen-bond donors (Lipinski definition) is 2. The van der Waals surface area contributed by atoms with Crippen molar-refractivity contribution in [2.24, 2.45) is 5.11 Å². The molecule has 0 aliphatic carbocycles. The van der Waals surface area contributed by atoms with E-state index in [9.17, 15) is 14.6 Å². The van der Waals surface area contributed by atoms with Gasteiger partial charge in [0, 0.05) is 16.7 Å². The van der Waals surface area contributed by atoms with Crippen molar-refractivity contribution in [3.63, 3.8) is 0 Å². The molecule has 1 aromatic heterocycles. The Labute approximate surface area is 113 Å². The van der Waals surface area contributed by atoms with Crippen LogP contribution in [-0.4, -0.2) is 32.6 Å². The van der Waals surface area contributed by atoms with Crippen molar-refractivity contribution < 1.29 is 14.6 Å². The predicted octanol–water partition coefficient (Wildman–Crippen LogP) is 1.72. The molecule has 0 saturated carbocycles. The van der Waals surface area contributed by atoms with E-state index in [2.05, 4.69) is 15.1 Å². The lowest BCUT2D eigenvalue weighted by atomic mass is 10.1. The maximum atomic E-state index is 13.1. The van der Waals surface area contributed by atoms with Crippen LogP contribution in [0.15, 0.2) is 41.8 Å². The third kappa shape index (κ3) is 3.12. The van der Waals surface area contributed by atoms with Crippen LogP contribution in [0.25, 0.3) is 16.1 Å². The van der Waals surface area contributed by atoms with Crippen LogP contribution in [0.2, 0.25) is 0 Å². The molecule has 0 aliphatic rings. The van der Waals surface area contributed by atoms with Crippen molar-refractivity contribution in [3.8, 4) is 5.69 Å². The average Bonchev–Trinajstić information content (AvgIpc) is 2.93. The predicted molar refractivity (Wildman–Crippen MR) is 68.5 cm³/mol. The highest BCUT2D eigenvalue weighted by atomic mass is 19.1. The van der Waals surface area contributed by atoms with Crippen molar-refractivity contribution in [1.82, 2.24) is 9.78 Å². The molecule has 2 unspecified atom stereocenters. The van der Waals surface area contributed by atoms with E-state index in [0.29, 0.717) is 11.3 Å². The van der Waals surface area contributed by atoms with Crippen molar-refractivity contribution in [2.75, 3.05) is 6.54 Å². The minimum absolute atomic E-state index is 0.247. The minimum Gasteiger partial charge on any atom is -0.390 e. The fourth-order valence-electron chi connectivity index (χ4n) is 1.69. The summed E-state index contributed by atoms with van der Waals surface area (Å²) in [5, 5.41) is 26.7. The number of azide groups is 1. The Morgan fingerprint density at radius 3 is 2.95 bits per heavy atom. The molecule has 8 heteroatoms. The number of benzene rings is 1. The summed E-state index contributed by atoms with van der Waals surface area (Å²) in [6.07, 6.45) is 0.368. The second kappa shape index (κ2) is 6.16. The number of rotatable bonds is 5. The summed E-state index contributed by atoms with van der Waals surface area (Å²) in [7, 11) is 0. The molecule has 2 aromatic rings. The Morgan fingerprint density at radius 1 is 1.45 bits per heavy atom. The minimum atomic E-state index is -1.23. The van der Waals surface area contributed by atoms with E-state index >= 15 is 0 Å². The molecule has 104 valence electrons. The molecule has 1 heterocycles. The molecule has 0 amide bonds. The first-order chi connectivity index (χ1) is 9.61. The molecule has 2 rings (SSSR count). The second-order valence-corrected chi connectivity index (χ2v) is 4.12. The van der Waals surface area contributed by atoms with Crippen LogP contribution in [0.3, 0.4) is 0 Å². The molecule has 2 atom stereocenters. The highest BCUT2D eigenvalue weighted by molar-refractivity contribution is 5.32. The van der Waals surface area contributed by atoms with Crippen LogP contribution < -0.4 is 0 Å². The van der Waals surface area contributed by atoms with Gasteiger partial charge < -0.3 is 10.2 Å². The summed E-state index contributed by atoms with van der Waals surface area (Å²) >= 11 is 0. The molecule has 0 bridgehead atoms. The monoisotopic (exact) mass is 277 g/mol. The Bertz CT molecular complexity index is 638. The first-order valence-electron chi connectivity index (χ1n) is 5.79. The van der Waals surface area contributed by atoms with E-state index in [1.165, 1.54) is 29.2 Å². The van der Waals surface area contributed by atoms with E-state index < -0.39 is 18.0 Å². The third-order valence-corrected chi connectivity index (χ3v) is 2.71. The van der Waals surface area contributed by atoms with Gasteiger partial charge >= 0.3 is 0 Å². The Kier molecular flexibility index (Phi) is 4.31. The van der Waals surface area contributed by atoms with Gasteiger partial charge in [-0.2, -0.15) is 5.10 Å². The summed E-state index contributed by atoms with van der Waals surface area (Å²) in [6, 6.07) is 5.80. The number of nitrogens with zero attached hydrogens (tertiary/aromatic N) is 5. The van der Waals surface area contributed by atoms with E-state index in [0.717, 1.165) is 0 Å². The molecule has 7 nitrogen and oxygen atoms in total. The van der Waals surface area contributed by atoms with Crippen molar-refractivity contribution in [3.05, 3.63) is 58.5 Å². The van der Waals surface area contributed by atoms with Crippen LogP contribution in [0.1, 0.15) is 11.7 Å². The largest absolute Gasteiger partial charge is 0.390 e. The second-order valence-electron chi connectivity index (χ2n) is 4.12. The van der Waals surface area contributed by atoms with Gasteiger partial charge in [-0.25, -0.2) is 9.07 Å². The van der Waals surface area contributed by atoms with Crippen molar-refractivity contribution >= 4 is 0 Å². The van der Waals surface area contributed by atoms with Crippen LogP contribution in [-0.2, 0) is 0 Å². The number of halogens is 1. The molecule has 0 saturated heterocycles. The number of hydrogen-bond acceptors (Lipinski definition) is 4. The smallest absolute Gasteiger partial charge is 0.125 e. The first kappa shape index (κ1) is 14.0. The highest BCUT2D eigenvalue weighted by Crippen LogP contribution is 2.18. The van der Waals surface area contributed by atoms with Gasteiger partial charge in [0.1, 0.15) is 11.9 Å². The quantitative estimate of drug-likeness (QED) is 0.493. The Hall–Kier alpha value is -2.41. The van der Waals surface area contributed by atoms with Gasteiger partial charge in [0.2, 0.25) is 0 Å². The summed E-state index contributed by atoms with van der Waals surface area (Å²) in [5.74, 6) is -0.400. The van der Waals surface area contributed by atoms with Crippen molar-refractivity contribution in [2.45, 2.75) is 12.2 Å². The molecule has 20 heavy (non-hydrogen) atoms. The standard InChI is InChI=1S/C12H12FN5O2/c13-9-2-1-3-10(4-9)18-7-8(5-16-18)12(20)11(19)6-15-17-14/h1-5,7,11-12,19-20H,6H2. The first-order valence-corrected chi connectivity index (χ1v) is 5.79. The molecule has 0 spiro atoms. The van der Waals surface area contributed by atoms with Crippen LogP contribution in [0.5, 0.6) is 0 Å². The van der Waals surface area contributed by atoms with Gasteiger partial charge in [-0.15, -0.1) is 0 Å². The maximum absolute atomic E-state index is 13.1. The van der Waals surface area contributed by atoms with Gasteiger partial charge in [0.15, 0.2) is 0 Å². The van der Waals surface area contributed by atoms with Gasteiger partial charge in [0.05, 0.1) is 24.5 Å². The van der Waals surface area contributed by atoms with E-state index in [1.54, 1.807) is 12.1 Å². The highest BCUT2D eigenvalue weighted by Gasteiger charge is 2.19. The fraction of sp³-hybridized carbons (Fsp3) is 0.250. The molecule has 1 aromatic carbocycles. The zero-order valence-electron chi connectivity index (χ0n) is 10.3. The normalized spacial score (nSPS) is 13.6. The molecule has 2 N–H and O–H groups in total. The van der Waals surface area contributed by atoms with E-state index in [4.69, 9.17) is 5.53 Å². The van der Waals surface area contributed by atoms with Crippen LogP contribution in [0, 0.1) is 5.82 Å². The third-order valence-electron chi connectivity index (χ3n) is 2.71. The van der Waals surface area contributed by atoms with Crippen molar-refractivity contribution in [1.29, 1.82) is 0 Å². The van der Waals surface area contributed by atoms with E-state index in [1.807, 2.05) is 0 Å². The molecule has 0 radical (unpaired) electrons. The van der Waals surface area contributed by atoms with Gasteiger partial charge in [0.25, 0.3) is 0 Å². The Balaban J connectivity index is 2.18. The zero-order valence-corrected chi connectivity index (χ0v) is 10.3. The van der Waals surface area contributed by atoms with Gasteiger partial charge in [-0.05, 0) is 23.7 Å². The lowest BCUT2D eigenvalue weighted by Crippen LogP contribution is -2.20. The van der Waals surface area contributed by atoms with Gasteiger partial charge in [-0.1, -0.05) is 11.2 Å². The van der Waals surface area contributed by atoms with Crippen LogP contribution >= 0.6 is 0 Å². The summed E-state index contributed by atoms with van der Waals surface area (Å²) < 4.78 is 14.5. The zero-order chi connectivity index (χ0) is 14.5. The molecular formula is C12H12FN5O2. The number of aliphatic hydroxyl groups is 2. The topological polar surface area (TPSA) is 107 Å². The number of aliphatic hydroxyl groups excluding tert-OH is 2. The van der Waals surface area contributed by atoms with Gasteiger partial charge in [-0.3, -0.25) is 0 Å². The molecular weight excluding hydrogens is 265 g/mol. The summed E-state index contributed by atoms with van der Waals surface area (Å²) in [4.78, 5) is 2.51. The molecule has 0 aliphatic heterocycles. The lowest BCUT2D eigenvalue weighted by molar-refractivity contribution is 0.0244. The number of aromatic nitrogens is 2. The average molecular weight is 277 g/mol. The lowest BCUT2D eigenvalue weighted by Gasteiger charge is -2.13. The fourth-order valence-corrected chi connectivity index (χ4v) is 1.69. The maximum Gasteiger partial charge on any atom is 0.125 e. The molecule has 0 fully saturated rings. The summed E-state index contributed by atoms with van der Waals surface area (Å²) in [6.45, 7) is -0.247. The van der Waals surface area contributed by atoms with E-state index in [-0.39, 0.29) is 6.54 Å². The SMILES string of the molecule is [N-]=[N+]=NCC(O)C(O)c1cnn(-c2cccc(F)c2)c1.